The highest BCUT2D eigenvalue weighted by Gasteiger charge is 2.14. The van der Waals surface area contributed by atoms with Gasteiger partial charge in [0.25, 0.3) is 0 Å². The number of hydrogen-bond acceptors (Lipinski definition) is 1. The highest BCUT2D eigenvalue weighted by molar-refractivity contribution is 5.14. The fraction of sp³-hybridized carbons (Fsp3) is 0.750. The van der Waals surface area contributed by atoms with Gasteiger partial charge in [-0.2, -0.15) is 0 Å². The third-order valence-corrected chi connectivity index (χ3v) is 5.43. The molecule has 0 saturated carbocycles. The summed E-state index contributed by atoms with van der Waals surface area (Å²) in [5, 5.41) is 0. The highest BCUT2D eigenvalue weighted by atomic mass is 15.1. The van der Waals surface area contributed by atoms with E-state index < -0.39 is 0 Å². The van der Waals surface area contributed by atoms with E-state index in [9.17, 15) is 0 Å². The summed E-state index contributed by atoms with van der Waals surface area (Å²) in [7, 11) is 2.33. The van der Waals surface area contributed by atoms with Gasteiger partial charge in [-0.25, -0.2) is 0 Å². The number of nitrogens with zero attached hydrogens (tertiary/aromatic N) is 1. The molecule has 1 rings (SSSR count). The summed E-state index contributed by atoms with van der Waals surface area (Å²) in [4.78, 5) is 2.61. The molecule has 1 nitrogen and oxygen atoms in total. The lowest BCUT2D eigenvalue weighted by atomic mass is 9.99. The second kappa shape index (κ2) is 15.4. The number of hydrogen-bond donors (Lipinski definition) is 0. The molecule has 0 fully saturated rings. The van der Waals surface area contributed by atoms with Gasteiger partial charge in [-0.15, -0.1) is 0 Å². The van der Waals surface area contributed by atoms with Crippen molar-refractivity contribution < 1.29 is 0 Å². The average Bonchev–Trinajstić information content (AvgIpc) is 2.63. The van der Waals surface area contributed by atoms with Gasteiger partial charge < -0.3 is 0 Å². The van der Waals surface area contributed by atoms with Crippen molar-refractivity contribution >= 4 is 0 Å². The van der Waals surface area contributed by atoms with Crippen molar-refractivity contribution in [2.24, 2.45) is 0 Å². The van der Waals surface area contributed by atoms with Crippen LogP contribution in [0.15, 0.2) is 30.3 Å². The molecule has 144 valence electrons. The molecular weight excluding hydrogens is 302 g/mol. The molecule has 0 radical (unpaired) electrons. The standard InChI is InChI=1S/C24H43N/c1-4-6-8-10-11-12-17-21-24(20-16-9-7-5-2)25(3)22-23-18-14-13-15-19-23/h13-15,18-19,24H,4-12,16-17,20-22H2,1-3H3. The quantitative estimate of drug-likeness (QED) is 0.279. The van der Waals surface area contributed by atoms with E-state index in [0.717, 1.165) is 12.6 Å². The first kappa shape index (κ1) is 22.2. The fourth-order valence-corrected chi connectivity index (χ4v) is 3.73. The first-order valence-corrected chi connectivity index (χ1v) is 11.0. The van der Waals surface area contributed by atoms with E-state index in [-0.39, 0.29) is 0 Å². The Labute approximate surface area is 158 Å². The van der Waals surface area contributed by atoms with Crippen LogP contribution in [0, 0.1) is 0 Å². The van der Waals surface area contributed by atoms with Crippen LogP contribution in [-0.4, -0.2) is 18.0 Å². The zero-order chi connectivity index (χ0) is 18.2. The van der Waals surface area contributed by atoms with E-state index in [1.165, 1.54) is 89.0 Å². The van der Waals surface area contributed by atoms with E-state index in [0.29, 0.717) is 0 Å². The number of benzene rings is 1. The van der Waals surface area contributed by atoms with E-state index in [4.69, 9.17) is 0 Å². The van der Waals surface area contributed by atoms with Gasteiger partial charge in [-0.1, -0.05) is 115 Å². The molecule has 0 aliphatic carbocycles. The van der Waals surface area contributed by atoms with Crippen LogP contribution < -0.4 is 0 Å². The Balaban J connectivity index is 2.34. The Hall–Kier alpha value is -0.820. The summed E-state index contributed by atoms with van der Waals surface area (Å²) in [6.45, 7) is 5.69. The molecule has 0 saturated heterocycles. The molecule has 1 aromatic carbocycles. The molecule has 1 aromatic rings. The van der Waals surface area contributed by atoms with E-state index in [1.54, 1.807) is 0 Å². The van der Waals surface area contributed by atoms with Gasteiger partial charge in [0.2, 0.25) is 0 Å². The zero-order valence-corrected chi connectivity index (χ0v) is 17.3. The third-order valence-electron chi connectivity index (χ3n) is 5.43. The molecule has 0 aliphatic rings. The Morgan fingerprint density at radius 2 is 1.16 bits per heavy atom. The average molecular weight is 346 g/mol. The molecule has 0 N–H and O–H groups in total. The van der Waals surface area contributed by atoms with Gasteiger partial charge in [0, 0.05) is 12.6 Å². The van der Waals surface area contributed by atoms with Crippen LogP contribution in [0.4, 0.5) is 0 Å². The van der Waals surface area contributed by atoms with Crippen LogP contribution >= 0.6 is 0 Å². The Kier molecular flexibility index (Phi) is 13.7. The molecule has 1 unspecified atom stereocenters. The predicted octanol–water partition coefficient (Wildman–Crippen LogP) is 7.60. The Morgan fingerprint density at radius 1 is 0.680 bits per heavy atom. The lowest BCUT2D eigenvalue weighted by Gasteiger charge is -2.28. The van der Waals surface area contributed by atoms with E-state index in [1.807, 2.05) is 0 Å². The van der Waals surface area contributed by atoms with E-state index in [2.05, 4.69) is 56.1 Å². The molecule has 0 aromatic heterocycles. The third kappa shape index (κ3) is 11.4. The molecule has 0 amide bonds. The molecule has 0 bridgehead atoms. The van der Waals surface area contributed by atoms with Gasteiger partial charge >= 0.3 is 0 Å². The van der Waals surface area contributed by atoms with Crippen LogP contribution in [0.2, 0.25) is 0 Å². The highest BCUT2D eigenvalue weighted by Crippen LogP contribution is 2.19. The summed E-state index contributed by atoms with van der Waals surface area (Å²) in [5.74, 6) is 0. The monoisotopic (exact) mass is 345 g/mol. The van der Waals surface area contributed by atoms with Gasteiger partial charge in [-0.05, 0) is 25.5 Å². The fourth-order valence-electron chi connectivity index (χ4n) is 3.73. The summed E-state index contributed by atoms with van der Waals surface area (Å²) in [6, 6.07) is 11.7. The Morgan fingerprint density at radius 3 is 1.72 bits per heavy atom. The lowest BCUT2D eigenvalue weighted by molar-refractivity contribution is 0.202. The smallest absolute Gasteiger partial charge is 0.0233 e. The summed E-state index contributed by atoms with van der Waals surface area (Å²) in [6.07, 6.45) is 18.2. The molecular formula is C24H43N. The number of unbranched alkanes of at least 4 members (excludes halogenated alkanes) is 9. The van der Waals surface area contributed by atoms with Crippen molar-refractivity contribution in [3.8, 4) is 0 Å². The van der Waals surface area contributed by atoms with Crippen molar-refractivity contribution in [1.82, 2.24) is 4.90 Å². The summed E-state index contributed by atoms with van der Waals surface area (Å²) in [5.41, 5.74) is 1.45. The van der Waals surface area contributed by atoms with Crippen molar-refractivity contribution in [2.45, 2.75) is 110 Å². The van der Waals surface area contributed by atoms with Gasteiger partial charge in [-0.3, -0.25) is 4.90 Å². The van der Waals surface area contributed by atoms with Crippen molar-refractivity contribution in [1.29, 1.82) is 0 Å². The van der Waals surface area contributed by atoms with Gasteiger partial charge in [0.1, 0.15) is 0 Å². The van der Waals surface area contributed by atoms with E-state index >= 15 is 0 Å². The number of rotatable bonds is 16. The maximum absolute atomic E-state index is 2.61. The first-order valence-electron chi connectivity index (χ1n) is 11.0. The SMILES string of the molecule is CCCCCCCCCC(CCCCCC)N(C)Cc1ccccc1. The van der Waals surface area contributed by atoms with Gasteiger partial charge in [0.05, 0.1) is 0 Å². The second-order valence-corrected chi connectivity index (χ2v) is 7.81. The van der Waals surface area contributed by atoms with Crippen LogP contribution in [0.1, 0.15) is 103 Å². The minimum Gasteiger partial charge on any atom is -0.299 e. The minimum atomic E-state index is 0.757. The van der Waals surface area contributed by atoms with Crippen LogP contribution in [0.5, 0.6) is 0 Å². The van der Waals surface area contributed by atoms with Crippen molar-refractivity contribution in [3.63, 3.8) is 0 Å². The molecule has 0 heterocycles. The maximum atomic E-state index is 2.61. The molecule has 0 aliphatic heterocycles. The largest absolute Gasteiger partial charge is 0.299 e. The predicted molar refractivity (Wildman–Crippen MR) is 113 cm³/mol. The second-order valence-electron chi connectivity index (χ2n) is 7.81. The summed E-state index contributed by atoms with van der Waals surface area (Å²) >= 11 is 0. The van der Waals surface area contributed by atoms with Crippen LogP contribution in [0.3, 0.4) is 0 Å². The zero-order valence-electron chi connectivity index (χ0n) is 17.3. The minimum absolute atomic E-state index is 0.757. The lowest BCUT2D eigenvalue weighted by Crippen LogP contribution is -2.31. The maximum Gasteiger partial charge on any atom is 0.0233 e. The van der Waals surface area contributed by atoms with Crippen molar-refractivity contribution in [3.05, 3.63) is 35.9 Å². The molecule has 0 spiro atoms. The Bertz CT molecular complexity index is 386. The summed E-state index contributed by atoms with van der Waals surface area (Å²) < 4.78 is 0. The van der Waals surface area contributed by atoms with Crippen molar-refractivity contribution in [2.75, 3.05) is 7.05 Å². The first-order chi connectivity index (χ1) is 12.3. The topological polar surface area (TPSA) is 3.24 Å². The normalized spacial score (nSPS) is 12.6. The van der Waals surface area contributed by atoms with Gasteiger partial charge in [0.15, 0.2) is 0 Å². The van der Waals surface area contributed by atoms with Crippen LogP contribution in [-0.2, 0) is 6.54 Å². The molecule has 1 atom stereocenters. The molecule has 1 heteroatoms. The molecule has 25 heavy (non-hydrogen) atoms. The van der Waals surface area contributed by atoms with Crippen LogP contribution in [0.25, 0.3) is 0 Å².